The molecule has 132 valence electrons. The fourth-order valence-electron chi connectivity index (χ4n) is 2.87. The van der Waals surface area contributed by atoms with Crippen molar-refractivity contribution in [2.75, 3.05) is 18.4 Å². The van der Waals surface area contributed by atoms with Gasteiger partial charge in [-0.25, -0.2) is 4.68 Å². The molecule has 1 N–H and O–H groups in total. The first-order chi connectivity index (χ1) is 12.1. The van der Waals surface area contributed by atoms with Gasteiger partial charge in [-0.05, 0) is 31.0 Å². The van der Waals surface area contributed by atoms with Crippen LogP contribution in [0, 0.1) is 0 Å². The highest BCUT2D eigenvalue weighted by Crippen LogP contribution is 2.20. The van der Waals surface area contributed by atoms with Crippen molar-refractivity contribution in [1.29, 1.82) is 0 Å². The maximum absolute atomic E-state index is 12.8. The number of hydrogen-bond acceptors (Lipinski definition) is 6. The van der Waals surface area contributed by atoms with Crippen LogP contribution in [0.4, 0.5) is 5.82 Å². The molecule has 0 spiro atoms. The van der Waals surface area contributed by atoms with E-state index in [4.69, 9.17) is 0 Å². The van der Waals surface area contributed by atoms with Crippen LogP contribution >= 0.6 is 0 Å². The van der Waals surface area contributed by atoms with Crippen LogP contribution in [0.3, 0.4) is 0 Å². The van der Waals surface area contributed by atoms with Gasteiger partial charge >= 0.3 is 0 Å². The van der Waals surface area contributed by atoms with Gasteiger partial charge in [-0.1, -0.05) is 6.92 Å². The van der Waals surface area contributed by atoms with E-state index in [9.17, 15) is 9.59 Å². The van der Waals surface area contributed by atoms with Gasteiger partial charge in [-0.15, -0.1) is 5.10 Å². The van der Waals surface area contributed by atoms with E-state index < -0.39 is 0 Å². The third kappa shape index (κ3) is 3.67. The summed E-state index contributed by atoms with van der Waals surface area (Å²) in [5.41, 5.74) is 2.03. The second-order valence-electron chi connectivity index (χ2n) is 5.99. The van der Waals surface area contributed by atoms with Crippen molar-refractivity contribution in [3.63, 3.8) is 0 Å². The smallest absolute Gasteiger partial charge is 0.274 e. The Morgan fingerprint density at radius 3 is 2.88 bits per heavy atom. The van der Waals surface area contributed by atoms with Crippen molar-refractivity contribution in [2.24, 2.45) is 0 Å². The molecule has 2 aromatic rings. The molecule has 8 heteroatoms. The van der Waals surface area contributed by atoms with Gasteiger partial charge in [0.25, 0.3) is 11.5 Å². The van der Waals surface area contributed by atoms with Crippen LogP contribution in [-0.4, -0.2) is 43.9 Å². The number of fused-ring (bicyclic) bond motifs is 1. The van der Waals surface area contributed by atoms with Crippen molar-refractivity contribution < 1.29 is 4.79 Å². The van der Waals surface area contributed by atoms with Gasteiger partial charge in [0.05, 0.1) is 5.69 Å². The van der Waals surface area contributed by atoms with E-state index in [1.165, 1.54) is 16.8 Å². The standard InChI is InChI=1S/C17H22N6O2/c1-3-8-23-16(24)6-5-14(21-23)17(25)22-9-7-13-12(11-22)10-15(18-4-2)20-19-13/h5-6,10H,3-4,7-9,11H2,1-2H3,(H,18,20). The molecule has 0 atom stereocenters. The lowest BCUT2D eigenvalue weighted by Gasteiger charge is -2.28. The molecule has 0 bridgehead atoms. The molecule has 0 radical (unpaired) electrons. The van der Waals surface area contributed by atoms with Crippen LogP contribution in [0.1, 0.15) is 42.0 Å². The first-order valence-corrected chi connectivity index (χ1v) is 8.59. The van der Waals surface area contributed by atoms with E-state index >= 15 is 0 Å². The second kappa shape index (κ2) is 7.42. The Hall–Kier alpha value is -2.77. The average molecular weight is 342 g/mol. The van der Waals surface area contributed by atoms with Crippen molar-refractivity contribution >= 4 is 11.7 Å². The van der Waals surface area contributed by atoms with Gasteiger partial charge in [0.15, 0.2) is 0 Å². The summed E-state index contributed by atoms with van der Waals surface area (Å²) in [7, 11) is 0. The molecule has 0 saturated carbocycles. The van der Waals surface area contributed by atoms with E-state index in [1.807, 2.05) is 19.9 Å². The summed E-state index contributed by atoms with van der Waals surface area (Å²) in [6.45, 7) is 6.26. The Morgan fingerprint density at radius 2 is 2.12 bits per heavy atom. The Kier molecular flexibility index (Phi) is 5.06. The summed E-state index contributed by atoms with van der Waals surface area (Å²) in [5, 5.41) is 15.7. The number of anilines is 1. The Bertz CT molecular complexity index is 832. The SMILES string of the molecule is CCCn1nc(C(=O)N2CCc3nnc(NCC)cc3C2)ccc1=O. The minimum Gasteiger partial charge on any atom is -0.369 e. The molecule has 0 aromatic carbocycles. The zero-order valence-electron chi connectivity index (χ0n) is 14.5. The predicted octanol–water partition coefficient (Wildman–Crippen LogP) is 1.07. The van der Waals surface area contributed by atoms with Crippen LogP contribution in [0.25, 0.3) is 0 Å². The summed E-state index contributed by atoms with van der Waals surface area (Å²) in [6.07, 6.45) is 1.45. The molecule has 1 aliphatic heterocycles. The minimum atomic E-state index is -0.187. The van der Waals surface area contributed by atoms with Gasteiger partial charge in [-0.2, -0.15) is 10.2 Å². The normalized spacial score (nSPS) is 13.4. The lowest BCUT2D eigenvalue weighted by Crippen LogP contribution is -2.38. The molecule has 0 saturated heterocycles. The molecule has 25 heavy (non-hydrogen) atoms. The highest BCUT2D eigenvalue weighted by atomic mass is 16.2. The number of carbonyl (C=O) groups excluding carboxylic acids is 1. The van der Waals surface area contributed by atoms with Crippen LogP contribution in [0.2, 0.25) is 0 Å². The predicted molar refractivity (Wildman–Crippen MR) is 93.4 cm³/mol. The van der Waals surface area contributed by atoms with E-state index in [0.29, 0.717) is 37.6 Å². The summed E-state index contributed by atoms with van der Waals surface area (Å²) in [5.74, 6) is 0.544. The number of nitrogens with one attached hydrogen (secondary N) is 1. The minimum absolute atomic E-state index is 0.169. The Morgan fingerprint density at radius 1 is 1.28 bits per heavy atom. The van der Waals surface area contributed by atoms with E-state index in [2.05, 4.69) is 20.6 Å². The number of aromatic nitrogens is 4. The third-order valence-electron chi connectivity index (χ3n) is 4.11. The fraction of sp³-hybridized carbons (Fsp3) is 0.471. The van der Waals surface area contributed by atoms with Crippen LogP contribution in [0.15, 0.2) is 23.0 Å². The van der Waals surface area contributed by atoms with Crippen LogP contribution in [0.5, 0.6) is 0 Å². The van der Waals surface area contributed by atoms with E-state index in [1.54, 1.807) is 4.90 Å². The summed E-state index contributed by atoms with van der Waals surface area (Å²) in [6, 6.07) is 4.85. The number of carbonyl (C=O) groups is 1. The summed E-state index contributed by atoms with van der Waals surface area (Å²) in [4.78, 5) is 26.3. The molecule has 0 aliphatic carbocycles. The zero-order valence-corrected chi connectivity index (χ0v) is 14.5. The van der Waals surface area contributed by atoms with Crippen LogP contribution < -0.4 is 10.9 Å². The molecule has 8 nitrogen and oxygen atoms in total. The van der Waals surface area contributed by atoms with Crippen molar-refractivity contribution in [3.05, 3.63) is 45.5 Å². The van der Waals surface area contributed by atoms with Gasteiger partial charge in [0.1, 0.15) is 11.5 Å². The molecule has 1 amide bonds. The number of nitrogens with zero attached hydrogens (tertiary/aromatic N) is 5. The molecular weight excluding hydrogens is 320 g/mol. The monoisotopic (exact) mass is 342 g/mol. The van der Waals surface area contributed by atoms with Gasteiger partial charge in [0.2, 0.25) is 0 Å². The van der Waals surface area contributed by atoms with E-state index in [-0.39, 0.29) is 11.5 Å². The van der Waals surface area contributed by atoms with Crippen molar-refractivity contribution in [1.82, 2.24) is 24.9 Å². The first kappa shape index (κ1) is 17.1. The molecule has 1 aliphatic rings. The number of aryl methyl sites for hydroxylation is 1. The van der Waals surface area contributed by atoms with Gasteiger partial charge in [0, 0.05) is 38.7 Å². The van der Waals surface area contributed by atoms with Crippen molar-refractivity contribution in [2.45, 2.75) is 39.8 Å². The number of amides is 1. The Labute approximate surface area is 145 Å². The average Bonchev–Trinajstić information content (AvgIpc) is 2.63. The second-order valence-corrected chi connectivity index (χ2v) is 5.99. The fourth-order valence-corrected chi connectivity index (χ4v) is 2.87. The maximum atomic E-state index is 12.8. The first-order valence-electron chi connectivity index (χ1n) is 8.59. The largest absolute Gasteiger partial charge is 0.369 e. The highest BCUT2D eigenvalue weighted by molar-refractivity contribution is 5.92. The molecule has 0 unspecified atom stereocenters. The van der Waals surface area contributed by atoms with E-state index in [0.717, 1.165) is 24.2 Å². The number of rotatable bonds is 5. The lowest BCUT2D eigenvalue weighted by atomic mass is 10.1. The van der Waals surface area contributed by atoms with Crippen LogP contribution in [-0.2, 0) is 19.5 Å². The lowest BCUT2D eigenvalue weighted by molar-refractivity contribution is 0.0724. The van der Waals surface area contributed by atoms with Gasteiger partial charge in [-0.3, -0.25) is 9.59 Å². The molecule has 3 heterocycles. The summed E-state index contributed by atoms with van der Waals surface area (Å²) >= 11 is 0. The zero-order chi connectivity index (χ0) is 17.8. The molecule has 3 rings (SSSR count). The third-order valence-corrected chi connectivity index (χ3v) is 4.11. The molecular formula is C17H22N6O2. The summed E-state index contributed by atoms with van der Waals surface area (Å²) < 4.78 is 1.35. The van der Waals surface area contributed by atoms with Crippen molar-refractivity contribution in [3.8, 4) is 0 Å². The molecule has 0 fully saturated rings. The number of hydrogen-bond donors (Lipinski definition) is 1. The topological polar surface area (TPSA) is 93.0 Å². The Balaban J connectivity index is 1.81. The van der Waals surface area contributed by atoms with Gasteiger partial charge < -0.3 is 10.2 Å². The molecule has 2 aromatic heterocycles. The quantitative estimate of drug-likeness (QED) is 0.874. The highest BCUT2D eigenvalue weighted by Gasteiger charge is 2.24. The maximum Gasteiger partial charge on any atom is 0.274 e.